The first-order valence-electron chi connectivity index (χ1n) is 9.28. The lowest BCUT2D eigenvalue weighted by Crippen LogP contribution is -2.48. The molecule has 146 valence electrons. The number of nitrogens with one attached hydrogen (secondary N) is 2. The van der Waals surface area contributed by atoms with Crippen LogP contribution < -0.4 is 15.5 Å². The molecular weight excluding hydrogens is 330 g/mol. The van der Waals surface area contributed by atoms with Crippen LogP contribution in [0.1, 0.15) is 20.3 Å². The van der Waals surface area contributed by atoms with Gasteiger partial charge in [-0.15, -0.1) is 0 Å². The molecule has 0 radical (unpaired) electrons. The summed E-state index contributed by atoms with van der Waals surface area (Å²) >= 11 is 0. The van der Waals surface area contributed by atoms with E-state index in [1.54, 1.807) is 26.6 Å². The summed E-state index contributed by atoms with van der Waals surface area (Å²) in [7, 11) is 3.52. The van der Waals surface area contributed by atoms with Crippen molar-refractivity contribution in [3.8, 4) is 0 Å². The number of methoxy groups -OCH3 is 1. The molecule has 2 N–H and O–H groups in total. The van der Waals surface area contributed by atoms with Crippen molar-refractivity contribution in [1.29, 1.82) is 0 Å². The highest BCUT2D eigenvalue weighted by molar-refractivity contribution is 5.79. The van der Waals surface area contributed by atoms with E-state index in [9.17, 15) is 0 Å². The Balaban J connectivity index is 1.60. The third kappa shape index (κ3) is 6.76. The van der Waals surface area contributed by atoms with E-state index in [2.05, 4.69) is 35.4 Å². The van der Waals surface area contributed by atoms with E-state index in [-0.39, 0.29) is 5.60 Å². The Labute approximate surface area is 157 Å². The number of ether oxygens (including phenoxy) is 1. The van der Waals surface area contributed by atoms with Crippen LogP contribution in [0.15, 0.2) is 23.5 Å². The molecular formula is C18H33N7O. The van der Waals surface area contributed by atoms with Gasteiger partial charge in [-0.2, -0.15) is 0 Å². The first kappa shape index (κ1) is 20.4. The fraction of sp³-hybridized carbons (Fsp3) is 0.722. The molecule has 0 bridgehead atoms. The van der Waals surface area contributed by atoms with E-state index in [1.807, 2.05) is 19.9 Å². The maximum Gasteiger partial charge on any atom is 0.225 e. The molecule has 0 atom stereocenters. The van der Waals surface area contributed by atoms with Gasteiger partial charge in [0.2, 0.25) is 5.95 Å². The van der Waals surface area contributed by atoms with Crippen molar-refractivity contribution in [2.45, 2.75) is 25.9 Å². The Morgan fingerprint density at radius 3 is 2.50 bits per heavy atom. The predicted octanol–water partition coefficient (Wildman–Crippen LogP) is 0.579. The van der Waals surface area contributed by atoms with Crippen LogP contribution in [0.3, 0.4) is 0 Å². The number of guanidine groups is 1. The lowest BCUT2D eigenvalue weighted by molar-refractivity contribution is 0.0268. The molecule has 0 unspecified atom stereocenters. The summed E-state index contributed by atoms with van der Waals surface area (Å²) in [6.07, 6.45) is 4.68. The highest BCUT2D eigenvalue weighted by atomic mass is 16.5. The van der Waals surface area contributed by atoms with Crippen molar-refractivity contribution < 1.29 is 4.74 Å². The van der Waals surface area contributed by atoms with Gasteiger partial charge in [0.25, 0.3) is 0 Å². The number of rotatable bonds is 8. The standard InChI is InChI=1S/C18H33N7O/c1-18(2,26-4)15-23-16(19-3)20-9-6-10-24-11-13-25(14-12-24)17-21-7-5-8-22-17/h5,7-8H,6,9-15H2,1-4H3,(H2,19,20,23). The first-order valence-corrected chi connectivity index (χ1v) is 9.28. The minimum atomic E-state index is -0.209. The normalized spacial score (nSPS) is 16.6. The molecule has 1 fully saturated rings. The van der Waals surface area contributed by atoms with E-state index in [0.29, 0.717) is 6.54 Å². The molecule has 0 aliphatic carbocycles. The van der Waals surface area contributed by atoms with Crippen molar-refractivity contribution in [2.24, 2.45) is 4.99 Å². The van der Waals surface area contributed by atoms with Crippen molar-refractivity contribution in [3.63, 3.8) is 0 Å². The topological polar surface area (TPSA) is 77.9 Å². The third-order valence-corrected chi connectivity index (χ3v) is 4.61. The van der Waals surface area contributed by atoms with Gasteiger partial charge in [-0.05, 0) is 32.9 Å². The van der Waals surface area contributed by atoms with Crippen LogP contribution in [-0.2, 0) is 4.74 Å². The fourth-order valence-corrected chi connectivity index (χ4v) is 2.72. The molecule has 26 heavy (non-hydrogen) atoms. The zero-order valence-electron chi connectivity index (χ0n) is 16.5. The van der Waals surface area contributed by atoms with Gasteiger partial charge in [-0.3, -0.25) is 9.89 Å². The molecule has 1 aliphatic rings. The van der Waals surface area contributed by atoms with Crippen molar-refractivity contribution in [1.82, 2.24) is 25.5 Å². The van der Waals surface area contributed by atoms with E-state index in [4.69, 9.17) is 4.74 Å². The number of anilines is 1. The number of hydrogen-bond acceptors (Lipinski definition) is 6. The van der Waals surface area contributed by atoms with E-state index in [1.165, 1.54) is 0 Å². The maximum atomic E-state index is 5.41. The molecule has 2 heterocycles. The highest BCUT2D eigenvalue weighted by Gasteiger charge is 2.18. The van der Waals surface area contributed by atoms with Crippen LogP contribution in [0.25, 0.3) is 0 Å². The van der Waals surface area contributed by atoms with Gasteiger partial charge < -0.3 is 20.3 Å². The number of hydrogen-bond donors (Lipinski definition) is 2. The average Bonchev–Trinajstić information content (AvgIpc) is 2.68. The van der Waals surface area contributed by atoms with E-state index in [0.717, 1.165) is 57.6 Å². The Bertz CT molecular complexity index is 542. The molecule has 8 heteroatoms. The third-order valence-electron chi connectivity index (χ3n) is 4.61. The molecule has 0 aromatic carbocycles. The fourth-order valence-electron chi connectivity index (χ4n) is 2.72. The molecule has 1 aromatic rings. The van der Waals surface area contributed by atoms with Crippen molar-refractivity contribution >= 4 is 11.9 Å². The second-order valence-electron chi connectivity index (χ2n) is 7.05. The summed E-state index contributed by atoms with van der Waals surface area (Å²) < 4.78 is 5.41. The molecule has 1 aliphatic heterocycles. The van der Waals surface area contributed by atoms with Gasteiger partial charge >= 0.3 is 0 Å². The summed E-state index contributed by atoms with van der Waals surface area (Å²) in [5, 5.41) is 6.67. The molecule has 8 nitrogen and oxygen atoms in total. The van der Waals surface area contributed by atoms with Gasteiger partial charge in [0, 0.05) is 65.8 Å². The predicted molar refractivity (Wildman–Crippen MR) is 106 cm³/mol. The molecule has 1 saturated heterocycles. The maximum absolute atomic E-state index is 5.41. The second kappa shape index (κ2) is 10.3. The van der Waals surface area contributed by atoms with Gasteiger partial charge in [-0.1, -0.05) is 0 Å². The molecule has 0 saturated carbocycles. The van der Waals surface area contributed by atoms with Crippen LogP contribution in [0.2, 0.25) is 0 Å². The van der Waals surface area contributed by atoms with Gasteiger partial charge in [0.15, 0.2) is 5.96 Å². The minimum absolute atomic E-state index is 0.209. The Morgan fingerprint density at radius 1 is 1.19 bits per heavy atom. The Kier molecular flexibility index (Phi) is 8.06. The Hall–Kier alpha value is -1.93. The molecule has 0 amide bonds. The number of nitrogens with zero attached hydrogens (tertiary/aromatic N) is 5. The summed E-state index contributed by atoms with van der Waals surface area (Å²) in [6, 6.07) is 1.85. The monoisotopic (exact) mass is 363 g/mol. The summed E-state index contributed by atoms with van der Waals surface area (Å²) in [5.41, 5.74) is -0.209. The average molecular weight is 364 g/mol. The number of piperazine rings is 1. The lowest BCUT2D eigenvalue weighted by Gasteiger charge is -2.34. The second-order valence-corrected chi connectivity index (χ2v) is 7.05. The van der Waals surface area contributed by atoms with Crippen LogP contribution in [0, 0.1) is 0 Å². The first-order chi connectivity index (χ1) is 12.5. The smallest absolute Gasteiger partial charge is 0.225 e. The molecule has 2 rings (SSSR count). The van der Waals surface area contributed by atoms with Crippen molar-refractivity contribution in [3.05, 3.63) is 18.5 Å². The van der Waals surface area contributed by atoms with Gasteiger partial charge in [-0.25, -0.2) is 9.97 Å². The van der Waals surface area contributed by atoms with E-state index < -0.39 is 0 Å². The minimum Gasteiger partial charge on any atom is -0.377 e. The van der Waals surface area contributed by atoms with Crippen LogP contribution in [-0.4, -0.2) is 86.4 Å². The van der Waals surface area contributed by atoms with E-state index >= 15 is 0 Å². The molecule has 1 aromatic heterocycles. The lowest BCUT2D eigenvalue weighted by atomic mass is 10.1. The van der Waals surface area contributed by atoms with Crippen LogP contribution in [0.4, 0.5) is 5.95 Å². The van der Waals surface area contributed by atoms with Crippen LogP contribution >= 0.6 is 0 Å². The summed E-state index contributed by atoms with van der Waals surface area (Å²) in [4.78, 5) is 17.7. The number of aliphatic imine (C=N–C) groups is 1. The zero-order chi connectivity index (χ0) is 18.8. The summed E-state index contributed by atoms with van der Waals surface area (Å²) in [5.74, 6) is 1.66. The SMILES string of the molecule is CN=C(NCCCN1CCN(c2ncccn2)CC1)NCC(C)(C)OC. The number of aromatic nitrogens is 2. The Morgan fingerprint density at radius 2 is 1.88 bits per heavy atom. The van der Waals surface area contributed by atoms with Crippen molar-refractivity contribution in [2.75, 3.05) is 64.9 Å². The quantitative estimate of drug-likeness (QED) is 0.397. The highest BCUT2D eigenvalue weighted by Crippen LogP contribution is 2.09. The molecule has 0 spiro atoms. The van der Waals surface area contributed by atoms with Gasteiger partial charge in [0.05, 0.1) is 5.60 Å². The summed E-state index contributed by atoms with van der Waals surface area (Å²) in [6.45, 7) is 10.8. The zero-order valence-corrected chi connectivity index (χ0v) is 16.5. The van der Waals surface area contributed by atoms with Gasteiger partial charge in [0.1, 0.15) is 0 Å². The van der Waals surface area contributed by atoms with Crippen LogP contribution in [0.5, 0.6) is 0 Å². The largest absolute Gasteiger partial charge is 0.377 e.